The second kappa shape index (κ2) is 12.3. The number of rotatable bonds is 10. The summed E-state index contributed by atoms with van der Waals surface area (Å²) in [6, 6.07) is 25.1. The van der Waals surface area contributed by atoms with E-state index in [1.54, 1.807) is 25.1 Å². The summed E-state index contributed by atoms with van der Waals surface area (Å²) in [4.78, 5) is 29.2. The number of nitrogens with one attached hydrogen (secondary N) is 1. The third-order valence-electron chi connectivity index (χ3n) is 6.03. The van der Waals surface area contributed by atoms with E-state index in [2.05, 4.69) is 5.32 Å². The zero-order valence-corrected chi connectivity index (χ0v) is 23.5. The Kier molecular flexibility index (Phi) is 9.33. The molecule has 0 saturated heterocycles. The van der Waals surface area contributed by atoms with Crippen LogP contribution in [0.1, 0.15) is 37.5 Å². The molecule has 0 fully saturated rings. The molecule has 1 N–H and O–H groups in total. The highest BCUT2D eigenvalue weighted by Crippen LogP contribution is 2.23. The third-order valence-corrected chi connectivity index (χ3v) is 7.15. The standard InChI is InChI=1S/C30H37N3O4S/c1-23-14-12-13-19-26(23)33(38(5,36)37)22-28(34)32(21-25-17-10-7-11-18-25)27(29(35)31-30(2,3)4)20-24-15-8-6-9-16-24/h6-19,27H,20-22H2,1-5H3,(H,31,35). The third kappa shape index (κ3) is 8.18. The fourth-order valence-corrected chi connectivity index (χ4v) is 5.13. The largest absolute Gasteiger partial charge is 0.350 e. The second-order valence-corrected chi connectivity index (χ2v) is 12.4. The summed E-state index contributed by atoms with van der Waals surface area (Å²) in [5.41, 5.74) is 2.37. The zero-order chi connectivity index (χ0) is 27.9. The van der Waals surface area contributed by atoms with Crippen molar-refractivity contribution in [1.82, 2.24) is 10.2 Å². The number of para-hydroxylation sites is 1. The van der Waals surface area contributed by atoms with E-state index in [0.717, 1.165) is 27.3 Å². The molecule has 3 aromatic carbocycles. The first-order valence-corrected chi connectivity index (χ1v) is 14.4. The van der Waals surface area contributed by atoms with Gasteiger partial charge in [0.05, 0.1) is 11.9 Å². The fraction of sp³-hybridized carbons (Fsp3) is 0.333. The molecule has 0 aliphatic rings. The molecule has 0 aromatic heterocycles. The number of carbonyl (C=O) groups excluding carboxylic acids is 2. The second-order valence-electron chi connectivity index (χ2n) is 10.5. The van der Waals surface area contributed by atoms with Crippen LogP contribution in [0.3, 0.4) is 0 Å². The highest BCUT2D eigenvalue weighted by molar-refractivity contribution is 7.92. The van der Waals surface area contributed by atoms with Gasteiger partial charge in [0, 0.05) is 18.5 Å². The molecule has 3 aromatic rings. The molecule has 38 heavy (non-hydrogen) atoms. The van der Waals surface area contributed by atoms with Crippen molar-refractivity contribution in [2.24, 2.45) is 0 Å². The predicted octanol–water partition coefficient (Wildman–Crippen LogP) is 4.32. The lowest BCUT2D eigenvalue weighted by Crippen LogP contribution is -2.56. The molecule has 1 unspecified atom stereocenters. The van der Waals surface area contributed by atoms with Crippen molar-refractivity contribution in [3.63, 3.8) is 0 Å². The first-order valence-electron chi connectivity index (χ1n) is 12.6. The smallest absolute Gasteiger partial charge is 0.244 e. The number of hydrogen-bond donors (Lipinski definition) is 1. The summed E-state index contributed by atoms with van der Waals surface area (Å²) in [5, 5.41) is 3.02. The summed E-state index contributed by atoms with van der Waals surface area (Å²) in [6.07, 6.45) is 1.37. The Morgan fingerprint density at radius 1 is 0.842 bits per heavy atom. The van der Waals surface area contributed by atoms with Crippen molar-refractivity contribution in [1.29, 1.82) is 0 Å². The maximum Gasteiger partial charge on any atom is 0.244 e. The number of anilines is 1. The van der Waals surface area contributed by atoms with Gasteiger partial charge >= 0.3 is 0 Å². The fourth-order valence-electron chi connectivity index (χ4n) is 4.22. The van der Waals surface area contributed by atoms with Gasteiger partial charge in [-0.2, -0.15) is 0 Å². The minimum Gasteiger partial charge on any atom is -0.350 e. The molecule has 2 amide bonds. The summed E-state index contributed by atoms with van der Waals surface area (Å²) < 4.78 is 26.8. The van der Waals surface area contributed by atoms with Gasteiger partial charge in [0.25, 0.3) is 0 Å². The molecular weight excluding hydrogens is 498 g/mol. The van der Waals surface area contributed by atoms with E-state index in [1.165, 1.54) is 4.90 Å². The lowest BCUT2D eigenvalue weighted by atomic mass is 10.0. The van der Waals surface area contributed by atoms with Crippen LogP contribution in [0.2, 0.25) is 0 Å². The molecule has 0 radical (unpaired) electrons. The number of nitrogens with zero attached hydrogens (tertiary/aromatic N) is 2. The molecule has 0 aliphatic heterocycles. The number of sulfonamides is 1. The summed E-state index contributed by atoms with van der Waals surface area (Å²) in [5.74, 6) is -0.764. The number of carbonyl (C=O) groups is 2. The van der Waals surface area contributed by atoms with Gasteiger partial charge < -0.3 is 10.2 Å². The molecule has 0 aliphatic carbocycles. The average Bonchev–Trinajstić information content (AvgIpc) is 2.84. The topological polar surface area (TPSA) is 86.8 Å². The van der Waals surface area contributed by atoms with Crippen LogP contribution in [-0.2, 0) is 32.6 Å². The van der Waals surface area contributed by atoms with E-state index in [0.29, 0.717) is 5.69 Å². The Bertz CT molecular complexity index is 1340. The van der Waals surface area contributed by atoms with E-state index < -0.39 is 34.1 Å². The van der Waals surface area contributed by atoms with E-state index in [9.17, 15) is 18.0 Å². The van der Waals surface area contributed by atoms with E-state index in [-0.39, 0.29) is 18.9 Å². The van der Waals surface area contributed by atoms with Gasteiger partial charge in [0.15, 0.2) is 0 Å². The molecular formula is C30H37N3O4S. The molecule has 0 saturated carbocycles. The number of benzene rings is 3. The van der Waals surface area contributed by atoms with Gasteiger partial charge in [-0.05, 0) is 50.5 Å². The number of hydrogen-bond acceptors (Lipinski definition) is 4. The molecule has 8 heteroatoms. The molecule has 0 bridgehead atoms. The van der Waals surface area contributed by atoms with Crippen molar-refractivity contribution in [3.8, 4) is 0 Å². The molecule has 3 rings (SSSR count). The van der Waals surface area contributed by atoms with Gasteiger partial charge in [-0.15, -0.1) is 0 Å². The van der Waals surface area contributed by atoms with E-state index in [1.807, 2.05) is 87.5 Å². The molecule has 0 spiro atoms. The van der Waals surface area contributed by atoms with Crippen LogP contribution in [0.25, 0.3) is 0 Å². The summed E-state index contributed by atoms with van der Waals surface area (Å²) in [7, 11) is -3.79. The number of amides is 2. The molecule has 0 heterocycles. The van der Waals surface area contributed by atoms with Crippen LogP contribution in [0.15, 0.2) is 84.9 Å². The zero-order valence-electron chi connectivity index (χ0n) is 22.7. The Balaban J connectivity index is 2.06. The monoisotopic (exact) mass is 535 g/mol. The predicted molar refractivity (Wildman–Crippen MR) is 152 cm³/mol. The van der Waals surface area contributed by atoms with Gasteiger partial charge in [0.1, 0.15) is 12.6 Å². The highest BCUT2D eigenvalue weighted by atomic mass is 32.2. The Morgan fingerprint density at radius 3 is 1.89 bits per heavy atom. The van der Waals surface area contributed by atoms with Gasteiger partial charge in [0.2, 0.25) is 21.8 Å². The minimum atomic E-state index is -3.79. The van der Waals surface area contributed by atoms with Crippen molar-refractivity contribution < 1.29 is 18.0 Å². The van der Waals surface area contributed by atoms with Crippen LogP contribution < -0.4 is 9.62 Å². The summed E-state index contributed by atoms with van der Waals surface area (Å²) >= 11 is 0. The maximum atomic E-state index is 14.0. The number of aryl methyl sites for hydroxylation is 1. The SMILES string of the molecule is Cc1ccccc1N(CC(=O)N(Cc1ccccc1)C(Cc1ccccc1)C(=O)NC(C)(C)C)S(C)(=O)=O. The van der Waals surface area contributed by atoms with Crippen molar-refractivity contribution in [2.45, 2.75) is 52.2 Å². The first kappa shape index (κ1) is 28.9. The average molecular weight is 536 g/mol. The van der Waals surface area contributed by atoms with E-state index >= 15 is 0 Å². The van der Waals surface area contributed by atoms with Gasteiger partial charge in [-0.3, -0.25) is 13.9 Å². The lowest BCUT2D eigenvalue weighted by molar-refractivity contribution is -0.140. The van der Waals surface area contributed by atoms with Crippen LogP contribution >= 0.6 is 0 Å². The van der Waals surface area contributed by atoms with Gasteiger partial charge in [-0.25, -0.2) is 8.42 Å². The van der Waals surface area contributed by atoms with Crippen LogP contribution in [0.5, 0.6) is 0 Å². The van der Waals surface area contributed by atoms with Crippen LogP contribution in [-0.4, -0.2) is 49.5 Å². The lowest BCUT2D eigenvalue weighted by Gasteiger charge is -2.35. The Hall–Kier alpha value is -3.65. The van der Waals surface area contributed by atoms with Crippen LogP contribution in [0, 0.1) is 6.92 Å². The van der Waals surface area contributed by atoms with Crippen molar-refractivity contribution in [2.75, 3.05) is 17.1 Å². The van der Waals surface area contributed by atoms with Crippen molar-refractivity contribution >= 4 is 27.5 Å². The summed E-state index contributed by atoms with van der Waals surface area (Å²) in [6.45, 7) is 7.19. The van der Waals surface area contributed by atoms with Crippen LogP contribution in [0.4, 0.5) is 5.69 Å². The quantitative estimate of drug-likeness (QED) is 0.419. The highest BCUT2D eigenvalue weighted by Gasteiger charge is 2.34. The van der Waals surface area contributed by atoms with Crippen molar-refractivity contribution in [3.05, 3.63) is 102 Å². The minimum absolute atomic E-state index is 0.153. The molecule has 7 nitrogen and oxygen atoms in total. The normalized spacial score (nSPS) is 12.4. The molecule has 1 atom stereocenters. The van der Waals surface area contributed by atoms with E-state index in [4.69, 9.17) is 0 Å². The maximum absolute atomic E-state index is 14.0. The Morgan fingerprint density at radius 2 is 1.37 bits per heavy atom. The Labute approximate surface area is 226 Å². The van der Waals surface area contributed by atoms with Gasteiger partial charge in [-0.1, -0.05) is 78.9 Å². The molecule has 202 valence electrons. The first-order chi connectivity index (χ1) is 17.8.